The second-order valence-corrected chi connectivity index (χ2v) is 6.37. The fourth-order valence-electron chi connectivity index (χ4n) is 2.75. The van der Waals surface area contributed by atoms with Crippen LogP contribution in [0, 0.1) is 0 Å². The maximum atomic E-state index is 12.5. The fraction of sp³-hybridized carbons (Fsp3) is 0.0526. The molecule has 0 spiro atoms. The summed E-state index contributed by atoms with van der Waals surface area (Å²) in [6, 6.07) is 15.0. The standard InChI is InChI=1S/C19H13Cl2NO3.Na.H/c1-22-15(11-2-6-13(20)7-3-11)10-16(23)17(19(24)25)18(22)12-4-8-14(21)9-5-12;;/h2-10H,1H3,(H,24,25);;/q;+1;-1. The van der Waals surface area contributed by atoms with Crippen LogP contribution in [0.1, 0.15) is 11.8 Å². The number of aromatic nitrogens is 1. The Bertz CT molecular complexity index is 1020. The number of rotatable bonds is 3. The van der Waals surface area contributed by atoms with Gasteiger partial charge in [0.25, 0.3) is 0 Å². The van der Waals surface area contributed by atoms with E-state index in [1.54, 1.807) is 60.1 Å². The first-order valence-electron chi connectivity index (χ1n) is 7.37. The van der Waals surface area contributed by atoms with Gasteiger partial charge in [0.15, 0.2) is 5.43 Å². The maximum absolute atomic E-state index is 12.5. The summed E-state index contributed by atoms with van der Waals surface area (Å²) in [7, 11) is 1.72. The van der Waals surface area contributed by atoms with Crippen molar-refractivity contribution in [3.05, 3.63) is 80.4 Å². The molecule has 0 atom stereocenters. The van der Waals surface area contributed by atoms with E-state index in [0.717, 1.165) is 5.56 Å². The van der Waals surface area contributed by atoms with Crippen LogP contribution in [-0.2, 0) is 7.05 Å². The Labute approximate surface area is 183 Å². The molecule has 0 saturated heterocycles. The molecule has 3 rings (SSSR count). The number of carbonyl (C=O) groups is 1. The van der Waals surface area contributed by atoms with E-state index in [9.17, 15) is 14.7 Å². The fourth-order valence-corrected chi connectivity index (χ4v) is 3.00. The number of benzene rings is 2. The van der Waals surface area contributed by atoms with Crippen molar-refractivity contribution in [1.82, 2.24) is 4.57 Å². The van der Waals surface area contributed by atoms with Crippen molar-refractivity contribution in [3.8, 4) is 22.5 Å². The second-order valence-electron chi connectivity index (χ2n) is 5.50. The quantitative estimate of drug-likeness (QED) is 0.686. The van der Waals surface area contributed by atoms with Crippen LogP contribution >= 0.6 is 23.2 Å². The SMILES string of the molecule is Cn1c(-c2ccc(Cl)cc2)cc(=O)c(C(=O)O)c1-c1ccc(Cl)cc1.[H-].[Na+]. The molecule has 1 aromatic heterocycles. The van der Waals surface area contributed by atoms with E-state index in [2.05, 4.69) is 0 Å². The first kappa shape index (κ1) is 20.7. The topological polar surface area (TPSA) is 59.3 Å². The van der Waals surface area contributed by atoms with Crippen molar-refractivity contribution < 1.29 is 40.9 Å². The molecule has 0 aliphatic carbocycles. The molecule has 0 radical (unpaired) electrons. The summed E-state index contributed by atoms with van der Waals surface area (Å²) in [5, 5.41) is 10.6. The molecule has 3 aromatic rings. The molecule has 0 bridgehead atoms. The third-order valence-electron chi connectivity index (χ3n) is 3.92. The van der Waals surface area contributed by atoms with E-state index < -0.39 is 11.4 Å². The second kappa shape index (κ2) is 8.42. The van der Waals surface area contributed by atoms with E-state index in [4.69, 9.17) is 23.2 Å². The van der Waals surface area contributed by atoms with Crippen molar-refractivity contribution in [2.75, 3.05) is 0 Å². The van der Waals surface area contributed by atoms with Gasteiger partial charge in [0.2, 0.25) is 0 Å². The molecular weight excluding hydrogens is 384 g/mol. The number of hydrogen-bond donors (Lipinski definition) is 1. The molecule has 1 N–H and O–H groups in total. The zero-order chi connectivity index (χ0) is 18.1. The Morgan fingerprint density at radius 2 is 1.42 bits per heavy atom. The first-order chi connectivity index (χ1) is 11.9. The predicted molar refractivity (Wildman–Crippen MR) is 101 cm³/mol. The molecule has 0 amide bonds. The summed E-state index contributed by atoms with van der Waals surface area (Å²) in [6.45, 7) is 0. The Balaban J connectivity index is 0.00000182. The number of halogens is 2. The van der Waals surface area contributed by atoms with E-state index in [1.165, 1.54) is 6.07 Å². The van der Waals surface area contributed by atoms with Gasteiger partial charge in [-0.05, 0) is 35.4 Å². The Morgan fingerprint density at radius 3 is 1.88 bits per heavy atom. The molecular formula is C19H14Cl2NNaO3. The van der Waals surface area contributed by atoms with Gasteiger partial charge >= 0.3 is 35.5 Å². The maximum Gasteiger partial charge on any atom is 1.00 e. The molecule has 4 nitrogen and oxygen atoms in total. The normalized spacial score (nSPS) is 10.3. The third-order valence-corrected chi connectivity index (χ3v) is 4.42. The zero-order valence-electron chi connectivity index (χ0n) is 15.2. The summed E-state index contributed by atoms with van der Waals surface area (Å²) in [5.41, 5.74) is 1.44. The summed E-state index contributed by atoms with van der Waals surface area (Å²) in [4.78, 5) is 24.2. The Kier molecular flexibility index (Phi) is 6.72. The van der Waals surface area contributed by atoms with Crippen LogP contribution in [0.5, 0.6) is 0 Å². The number of nitrogens with zero attached hydrogens (tertiary/aromatic N) is 1. The van der Waals surface area contributed by atoms with Gasteiger partial charge in [-0.3, -0.25) is 4.79 Å². The van der Waals surface area contributed by atoms with Crippen molar-refractivity contribution in [2.45, 2.75) is 0 Å². The van der Waals surface area contributed by atoms with Gasteiger partial charge < -0.3 is 11.1 Å². The van der Waals surface area contributed by atoms with Crippen molar-refractivity contribution in [1.29, 1.82) is 0 Å². The molecule has 7 heteroatoms. The van der Waals surface area contributed by atoms with Gasteiger partial charge in [0, 0.05) is 23.2 Å². The predicted octanol–water partition coefficient (Wildman–Crippen LogP) is 1.84. The minimum absolute atomic E-state index is 0. The summed E-state index contributed by atoms with van der Waals surface area (Å²) >= 11 is 11.8. The van der Waals surface area contributed by atoms with Crippen LogP contribution in [0.2, 0.25) is 10.0 Å². The molecule has 2 aromatic carbocycles. The number of aromatic carboxylic acids is 1. The molecule has 0 unspecified atom stereocenters. The van der Waals surface area contributed by atoms with Crippen molar-refractivity contribution in [2.24, 2.45) is 7.05 Å². The largest absolute Gasteiger partial charge is 1.00 e. The summed E-state index contributed by atoms with van der Waals surface area (Å²) in [5.74, 6) is -1.27. The van der Waals surface area contributed by atoms with Crippen molar-refractivity contribution >= 4 is 29.2 Å². The Morgan fingerprint density at radius 1 is 0.962 bits per heavy atom. The summed E-state index contributed by atoms with van der Waals surface area (Å²) < 4.78 is 1.69. The average Bonchev–Trinajstić information content (AvgIpc) is 2.58. The van der Waals surface area contributed by atoms with Gasteiger partial charge in [-0.25, -0.2) is 4.79 Å². The Hall–Kier alpha value is -1.56. The minimum atomic E-state index is -1.27. The zero-order valence-corrected chi connectivity index (χ0v) is 17.7. The van der Waals surface area contributed by atoms with Crippen LogP contribution in [-0.4, -0.2) is 15.6 Å². The molecule has 0 saturated carbocycles. The minimum Gasteiger partial charge on any atom is -1.00 e. The van der Waals surface area contributed by atoms with Crippen LogP contribution in [0.15, 0.2) is 59.4 Å². The van der Waals surface area contributed by atoms with E-state index in [-0.39, 0.29) is 36.5 Å². The third kappa shape index (κ3) is 4.05. The molecule has 26 heavy (non-hydrogen) atoms. The molecule has 0 aliphatic rings. The van der Waals surface area contributed by atoms with Gasteiger partial charge in [-0.1, -0.05) is 47.5 Å². The molecule has 128 valence electrons. The summed E-state index contributed by atoms with van der Waals surface area (Å²) in [6.07, 6.45) is 0. The van der Waals surface area contributed by atoms with Crippen LogP contribution in [0.4, 0.5) is 0 Å². The van der Waals surface area contributed by atoms with Crippen LogP contribution < -0.4 is 35.0 Å². The number of carboxylic acid groups (broad SMARTS) is 1. The number of carboxylic acids is 1. The van der Waals surface area contributed by atoms with E-state index in [0.29, 0.717) is 27.0 Å². The number of pyridine rings is 1. The van der Waals surface area contributed by atoms with Gasteiger partial charge in [0.1, 0.15) is 5.56 Å². The molecule has 0 fully saturated rings. The smallest absolute Gasteiger partial charge is 1.00 e. The molecule has 0 aliphatic heterocycles. The monoisotopic (exact) mass is 397 g/mol. The van der Waals surface area contributed by atoms with Crippen LogP contribution in [0.25, 0.3) is 22.5 Å². The van der Waals surface area contributed by atoms with Crippen molar-refractivity contribution in [3.63, 3.8) is 0 Å². The van der Waals surface area contributed by atoms with Gasteiger partial charge in [-0.15, -0.1) is 0 Å². The molecule has 1 heterocycles. The van der Waals surface area contributed by atoms with E-state index >= 15 is 0 Å². The number of hydrogen-bond acceptors (Lipinski definition) is 2. The van der Waals surface area contributed by atoms with Crippen LogP contribution in [0.3, 0.4) is 0 Å². The average molecular weight is 398 g/mol. The first-order valence-corrected chi connectivity index (χ1v) is 8.13. The van der Waals surface area contributed by atoms with Gasteiger partial charge in [0.05, 0.1) is 11.4 Å². The van der Waals surface area contributed by atoms with E-state index in [1.807, 2.05) is 0 Å². The van der Waals surface area contributed by atoms with Gasteiger partial charge in [-0.2, -0.15) is 0 Å².